The maximum absolute atomic E-state index is 13.5. The number of carbonyl (C=O) groups is 2. The zero-order valence-electron chi connectivity index (χ0n) is 17.9. The number of hydrogen-bond donors (Lipinski definition) is 1. The SMILES string of the molecule is COc1ccc(C2=C(N(C)CCO)C(=O)N(c3cc(C)cc(C)c3)C2=O)cc1OC. The summed E-state index contributed by atoms with van der Waals surface area (Å²) in [5, 5.41) is 9.40. The molecule has 7 heteroatoms. The third kappa shape index (κ3) is 3.76. The molecule has 0 spiro atoms. The molecule has 0 radical (unpaired) electrons. The van der Waals surface area contributed by atoms with Crippen molar-refractivity contribution in [2.45, 2.75) is 13.8 Å². The number of rotatable bonds is 7. The van der Waals surface area contributed by atoms with Gasteiger partial charge in [-0.1, -0.05) is 12.1 Å². The molecular weight excluding hydrogens is 384 g/mol. The zero-order chi connectivity index (χ0) is 22.0. The minimum Gasteiger partial charge on any atom is -0.493 e. The molecule has 0 saturated heterocycles. The summed E-state index contributed by atoms with van der Waals surface area (Å²) in [5.41, 5.74) is 3.47. The lowest BCUT2D eigenvalue weighted by molar-refractivity contribution is -0.120. The minimum absolute atomic E-state index is 0.149. The summed E-state index contributed by atoms with van der Waals surface area (Å²) < 4.78 is 10.7. The van der Waals surface area contributed by atoms with Gasteiger partial charge in [0.05, 0.1) is 32.1 Å². The van der Waals surface area contributed by atoms with Gasteiger partial charge in [0.15, 0.2) is 11.5 Å². The lowest BCUT2D eigenvalue weighted by atomic mass is 10.0. The number of imide groups is 1. The van der Waals surface area contributed by atoms with Crippen molar-refractivity contribution in [2.24, 2.45) is 0 Å². The van der Waals surface area contributed by atoms with Gasteiger partial charge < -0.3 is 19.5 Å². The number of benzene rings is 2. The highest BCUT2D eigenvalue weighted by Crippen LogP contribution is 2.38. The lowest BCUT2D eigenvalue weighted by Gasteiger charge is -2.21. The van der Waals surface area contributed by atoms with E-state index in [0.717, 1.165) is 11.1 Å². The summed E-state index contributed by atoms with van der Waals surface area (Å²) in [5.74, 6) is 0.134. The molecule has 0 aliphatic carbocycles. The predicted octanol–water partition coefficient (Wildman–Crippen LogP) is 2.53. The highest BCUT2D eigenvalue weighted by Gasteiger charge is 2.42. The molecule has 0 fully saturated rings. The molecule has 0 aromatic heterocycles. The number of nitrogens with zero attached hydrogens (tertiary/aromatic N) is 2. The second kappa shape index (κ2) is 8.59. The Labute approximate surface area is 176 Å². The third-order valence-electron chi connectivity index (χ3n) is 5.01. The van der Waals surface area contributed by atoms with Crippen LogP contribution in [0.2, 0.25) is 0 Å². The fourth-order valence-electron chi connectivity index (χ4n) is 3.70. The van der Waals surface area contributed by atoms with E-state index in [0.29, 0.717) is 22.7 Å². The lowest BCUT2D eigenvalue weighted by Crippen LogP contribution is -2.35. The van der Waals surface area contributed by atoms with E-state index in [1.807, 2.05) is 32.0 Å². The van der Waals surface area contributed by atoms with Crippen LogP contribution in [0.4, 0.5) is 5.69 Å². The maximum atomic E-state index is 13.5. The molecule has 1 aliphatic rings. The van der Waals surface area contributed by atoms with Crippen molar-refractivity contribution in [1.82, 2.24) is 4.90 Å². The number of aliphatic hydroxyl groups excluding tert-OH is 1. The van der Waals surface area contributed by atoms with Gasteiger partial charge in [-0.25, -0.2) is 4.90 Å². The third-order valence-corrected chi connectivity index (χ3v) is 5.01. The molecule has 158 valence electrons. The van der Waals surface area contributed by atoms with Crippen molar-refractivity contribution in [3.05, 3.63) is 58.8 Å². The Morgan fingerprint density at radius 1 is 0.933 bits per heavy atom. The van der Waals surface area contributed by atoms with E-state index < -0.39 is 11.8 Å². The molecule has 0 atom stereocenters. The molecule has 1 N–H and O–H groups in total. The number of anilines is 1. The number of likely N-dealkylation sites (N-methyl/N-ethyl adjacent to an activating group) is 1. The van der Waals surface area contributed by atoms with Crippen LogP contribution in [0.5, 0.6) is 11.5 Å². The molecule has 2 amide bonds. The van der Waals surface area contributed by atoms with Gasteiger partial charge in [0, 0.05) is 13.6 Å². The van der Waals surface area contributed by atoms with Crippen LogP contribution in [0, 0.1) is 13.8 Å². The van der Waals surface area contributed by atoms with Crippen molar-refractivity contribution in [1.29, 1.82) is 0 Å². The molecule has 2 aromatic rings. The van der Waals surface area contributed by atoms with Crippen molar-refractivity contribution >= 4 is 23.1 Å². The van der Waals surface area contributed by atoms with Crippen LogP contribution in [0.15, 0.2) is 42.1 Å². The summed E-state index contributed by atoms with van der Waals surface area (Å²) in [7, 11) is 4.73. The summed E-state index contributed by atoms with van der Waals surface area (Å²) in [6.07, 6.45) is 0. The molecule has 0 saturated carbocycles. The van der Waals surface area contributed by atoms with Gasteiger partial charge in [-0.3, -0.25) is 9.59 Å². The van der Waals surface area contributed by atoms with Crippen molar-refractivity contribution in [2.75, 3.05) is 39.3 Å². The average molecular weight is 410 g/mol. The highest BCUT2D eigenvalue weighted by molar-refractivity contribution is 6.45. The number of carbonyl (C=O) groups excluding carboxylic acids is 2. The van der Waals surface area contributed by atoms with Crippen molar-refractivity contribution in [3.63, 3.8) is 0 Å². The summed E-state index contributed by atoms with van der Waals surface area (Å²) in [4.78, 5) is 29.7. The minimum atomic E-state index is -0.425. The Bertz CT molecular complexity index is 1010. The van der Waals surface area contributed by atoms with Crippen molar-refractivity contribution in [3.8, 4) is 11.5 Å². The quantitative estimate of drug-likeness (QED) is 0.707. The number of ether oxygens (including phenoxy) is 2. The van der Waals surface area contributed by atoms with Crippen LogP contribution in [0.3, 0.4) is 0 Å². The van der Waals surface area contributed by atoms with E-state index >= 15 is 0 Å². The molecule has 3 rings (SSSR count). The van der Waals surface area contributed by atoms with Crippen LogP contribution in [-0.4, -0.2) is 56.2 Å². The van der Waals surface area contributed by atoms with Gasteiger partial charge in [-0.2, -0.15) is 0 Å². The summed E-state index contributed by atoms with van der Waals surface area (Å²) in [6, 6.07) is 10.7. The maximum Gasteiger partial charge on any atom is 0.282 e. The van der Waals surface area contributed by atoms with Crippen LogP contribution in [-0.2, 0) is 9.59 Å². The predicted molar refractivity (Wildman–Crippen MR) is 115 cm³/mol. The molecule has 30 heavy (non-hydrogen) atoms. The van der Waals surface area contributed by atoms with E-state index in [4.69, 9.17) is 9.47 Å². The molecule has 0 bridgehead atoms. The average Bonchev–Trinajstić information content (AvgIpc) is 2.97. The molecule has 2 aromatic carbocycles. The number of aliphatic hydroxyl groups is 1. The second-order valence-corrected chi connectivity index (χ2v) is 7.23. The van der Waals surface area contributed by atoms with Gasteiger partial charge in [0.1, 0.15) is 5.70 Å². The fourth-order valence-corrected chi connectivity index (χ4v) is 3.70. The van der Waals surface area contributed by atoms with E-state index in [-0.39, 0.29) is 24.4 Å². The largest absolute Gasteiger partial charge is 0.493 e. The van der Waals surface area contributed by atoms with Crippen molar-refractivity contribution < 1.29 is 24.2 Å². The normalized spacial score (nSPS) is 13.9. The Kier molecular flexibility index (Phi) is 6.12. The molecular formula is C23H26N2O5. The van der Waals surface area contributed by atoms with Crippen LogP contribution < -0.4 is 14.4 Å². The van der Waals surface area contributed by atoms with Gasteiger partial charge in [-0.05, 0) is 54.8 Å². The summed E-state index contributed by atoms with van der Waals surface area (Å²) in [6.45, 7) is 3.90. The standard InChI is InChI=1S/C23H26N2O5/c1-14-10-15(2)12-17(11-14)25-22(27)20(21(23(25)28)24(3)8-9-26)16-6-7-18(29-4)19(13-16)30-5/h6-7,10-13,26H,8-9H2,1-5H3. The van der Waals surface area contributed by atoms with E-state index in [2.05, 4.69) is 0 Å². The first-order valence-corrected chi connectivity index (χ1v) is 9.58. The van der Waals surface area contributed by atoms with Crippen LogP contribution >= 0.6 is 0 Å². The van der Waals surface area contributed by atoms with Gasteiger partial charge in [0.2, 0.25) is 0 Å². The van der Waals surface area contributed by atoms with Crippen LogP contribution in [0.1, 0.15) is 16.7 Å². The number of hydrogen-bond acceptors (Lipinski definition) is 6. The summed E-state index contributed by atoms with van der Waals surface area (Å²) >= 11 is 0. The topological polar surface area (TPSA) is 79.3 Å². The monoisotopic (exact) mass is 410 g/mol. The first-order chi connectivity index (χ1) is 14.3. The molecule has 1 heterocycles. The Hall–Kier alpha value is -3.32. The molecule has 1 aliphatic heterocycles. The van der Waals surface area contributed by atoms with Crippen LogP contribution in [0.25, 0.3) is 5.57 Å². The molecule has 7 nitrogen and oxygen atoms in total. The Morgan fingerprint density at radius 3 is 2.13 bits per heavy atom. The Morgan fingerprint density at radius 2 is 1.57 bits per heavy atom. The number of amides is 2. The highest BCUT2D eigenvalue weighted by atomic mass is 16.5. The van der Waals surface area contributed by atoms with Gasteiger partial charge >= 0.3 is 0 Å². The smallest absolute Gasteiger partial charge is 0.282 e. The second-order valence-electron chi connectivity index (χ2n) is 7.23. The van der Waals surface area contributed by atoms with E-state index in [1.165, 1.54) is 19.1 Å². The van der Waals surface area contributed by atoms with E-state index in [9.17, 15) is 14.7 Å². The van der Waals surface area contributed by atoms with Gasteiger partial charge in [0.25, 0.3) is 11.8 Å². The fraction of sp³-hybridized carbons (Fsp3) is 0.304. The Balaban J connectivity index is 2.18. The molecule has 0 unspecified atom stereocenters. The number of aryl methyl sites for hydroxylation is 2. The van der Waals surface area contributed by atoms with E-state index in [1.54, 1.807) is 30.1 Å². The first-order valence-electron chi connectivity index (χ1n) is 9.58. The number of methoxy groups -OCH3 is 2. The first kappa shape index (κ1) is 21.4. The zero-order valence-corrected chi connectivity index (χ0v) is 17.9. The van der Waals surface area contributed by atoms with Gasteiger partial charge in [-0.15, -0.1) is 0 Å².